The van der Waals surface area contributed by atoms with Gasteiger partial charge in [0.25, 0.3) is 5.91 Å². The molecule has 37 heavy (non-hydrogen) atoms. The van der Waals surface area contributed by atoms with Crippen LogP contribution >= 0.6 is 0 Å². The van der Waals surface area contributed by atoms with Crippen LogP contribution in [-0.4, -0.2) is 38.1 Å². The maximum Gasteiger partial charge on any atom is 0.281 e. The number of rotatable bonds is 8. The molecule has 1 atom stereocenters. The lowest BCUT2D eigenvalue weighted by Gasteiger charge is -2.30. The van der Waals surface area contributed by atoms with Crippen molar-refractivity contribution in [1.29, 1.82) is 0 Å². The Bertz CT molecular complexity index is 1530. The largest absolute Gasteiger partial charge is 0.451 e. The number of aryl methyl sites for hydroxylation is 1. The molecule has 186 valence electrons. The van der Waals surface area contributed by atoms with Gasteiger partial charge in [-0.2, -0.15) is 5.10 Å². The van der Waals surface area contributed by atoms with Gasteiger partial charge in [-0.25, -0.2) is 9.37 Å². The molecule has 0 aliphatic carbocycles. The van der Waals surface area contributed by atoms with Crippen molar-refractivity contribution in [3.05, 3.63) is 108 Å². The molecular weight excluding hydrogens is 475 g/mol. The van der Waals surface area contributed by atoms with Crippen LogP contribution in [0.3, 0.4) is 0 Å². The molecule has 2 aromatic carbocycles. The van der Waals surface area contributed by atoms with E-state index in [0.717, 1.165) is 22.9 Å². The van der Waals surface area contributed by atoms with Gasteiger partial charge in [0.15, 0.2) is 12.1 Å². The number of hydrogen-bond donors (Lipinski definition) is 1. The number of nitrogens with one attached hydrogen (secondary N) is 1. The number of fused-ring (bicyclic) bond motifs is 1. The fraction of sp³-hybridized carbons (Fsp3) is 0.148. The highest BCUT2D eigenvalue weighted by molar-refractivity contribution is 6.09. The van der Waals surface area contributed by atoms with Gasteiger partial charge in [-0.1, -0.05) is 18.2 Å². The van der Waals surface area contributed by atoms with E-state index >= 15 is 0 Å². The lowest BCUT2D eigenvalue weighted by atomic mass is 10.0. The molecular formula is C27H23FN6O3. The van der Waals surface area contributed by atoms with Crippen molar-refractivity contribution in [1.82, 2.24) is 25.1 Å². The Labute approximate surface area is 211 Å². The third-order valence-electron chi connectivity index (χ3n) is 5.99. The molecule has 0 saturated carbocycles. The number of carbonyl (C=O) groups excluding carboxylic acids is 2. The maximum atomic E-state index is 13.7. The molecule has 0 radical (unpaired) electrons. The zero-order valence-corrected chi connectivity index (χ0v) is 19.9. The number of carbonyl (C=O) groups is 2. The van der Waals surface area contributed by atoms with Crippen molar-refractivity contribution in [2.24, 2.45) is 7.05 Å². The third kappa shape index (κ3) is 5.08. The number of pyridine rings is 1. The lowest BCUT2D eigenvalue weighted by molar-refractivity contribution is -0.122. The van der Waals surface area contributed by atoms with Gasteiger partial charge in [0.05, 0.1) is 11.7 Å². The predicted molar refractivity (Wildman–Crippen MR) is 134 cm³/mol. The Morgan fingerprint density at radius 2 is 2.03 bits per heavy atom. The Balaban J connectivity index is 1.52. The SMILES string of the molecule is Cn1ncc2cc(N(C(=O)c3cocn3)C(C(=O)NCCc3cccc(F)c3)c3cccnc3)ccc21. The van der Waals surface area contributed by atoms with Crippen LogP contribution in [0.1, 0.15) is 27.7 Å². The highest BCUT2D eigenvalue weighted by atomic mass is 19.1. The number of nitrogens with zero attached hydrogens (tertiary/aromatic N) is 5. The monoisotopic (exact) mass is 498 g/mol. The topological polar surface area (TPSA) is 106 Å². The molecule has 1 unspecified atom stereocenters. The Kier molecular flexibility index (Phi) is 6.71. The van der Waals surface area contributed by atoms with Crippen LogP contribution in [0.15, 0.2) is 90.3 Å². The molecule has 0 fully saturated rings. The molecule has 3 heterocycles. The molecule has 5 aromatic rings. The Hall–Kier alpha value is -4.86. The van der Waals surface area contributed by atoms with E-state index in [1.165, 1.54) is 23.3 Å². The minimum atomic E-state index is -1.07. The Morgan fingerprint density at radius 1 is 1.14 bits per heavy atom. The number of benzene rings is 2. The molecule has 3 aromatic heterocycles. The molecule has 5 rings (SSSR count). The Morgan fingerprint density at radius 3 is 2.78 bits per heavy atom. The van der Waals surface area contributed by atoms with Gasteiger partial charge in [-0.05, 0) is 48.4 Å². The van der Waals surface area contributed by atoms with Crippen LogP contribution in [0.4, 0.5) is 10.1 Å². The van der Waals surface area contributed by atoms with Crippen molar-refractivity contribution < 1.29 is 18.4 Å². The zero-order valence-electron chi connectivity index (χ0n) is 19.9. The summed E-state index contributed by atoms with van der Waals surface area (Å²) in [6.07, 6.45) is 7.64. The normalized spacial score (nSPS) is 11.8. The molecule has 2 amide bonds. The lowest BCUT2D eigenvalue weighted by Crippen LogP contribution is -2.44. The summed E-state index contributed by atoms with van der Waals surface area (Å²) in [4.78, 5) is 37.0. The number of anilines is 1. The van der Waals surface area contributed by atoms with Gasteiger partial charge >= 0.3 is 0 Å². The van der Waals surface area contributed by atoms with Crippen molar-refractivity contribution in [3.63, 3.8) is 0 Å². The number of oxazole rings is 1. The number of aromatic nitrogens is 4. The first-order valence-corrected chi connectivity index (χ1v) is 11.6. The van der Waals surface area contributed by atoms with E-state index in [1.807, 2.05) is 13.1 Å². The highest BCUT2D eigenvalue weighted by Crippen LogP contribution is 2.31. The molecule has 0 saturated heterocycles. The van der Waals surface area contributed by atoms with E-state index in [1.54, 1.807) is 59.7 Å². The average molecular weight is 499 g/mol. The van der Waals surface area contributed by atoms with Gasteiger partial charge in [0.2, 0.25) is 5.91 Å². The molecule has 0 aliphatic heterocycles. The second kappa shape index (κ2) is 10.4. The third-order valence-corrected chi connectivity index (χ3v) is 5.99. The fourth-order valence-electron chi connectivity index (χ4n) is 4.20. The summed E-state index contributed by atoms with van der Waals surface area (Å²) in [7, 11) is 1.82. The molecule has 1 N–H and O–H groups in total. The summed E-state index contributed by atoms with van der Waals surface area (Å²) in [5.74, 6) is -1.29. The van der Waals surface area contributed by atoms with E-state index in [9.17, 15) is 14.0 Å². The van der Waals surface area contributed by atoms with Crippen molar-refractivity contribution >= 4 is 28.4 Å². The minimum Gasteiger partial charge on any atom is -0.451 e. The van der Waals surface area contributed by atoms with Crippen molar-refractivity contribution in [2.45, 2.75) is 12.5 Å². The second-order valence-electron chi connectivity index (χ2n) is 8.42. The van der Waals surface area contributed by atoms with Gasteiger partial charge in [-0.3, -0.25) is 24.2 Å². The van der Waals surface area contributed by atoms with Gasteiger partial charge in [0, 0.05) is 42.6 Å². The molecule has 0 aliphatic rings. The van der Waals surface area contributed by atoms with Crippen LogP contribution in [0.25, 0.3) is 10.9 Å². The summed E-state index contributed by atoms with van der Waals surface area (Å²) < 4.78 is 20.3. The van der Waals surface area contributed by atoms with Crippen molar-refractivity contribution in [3.8, 4) is 0 Å². The van der Waals surface area contributed by atoms with E-state index < -0.39 is 17.9 Å². The standard InChI is InChI=1S/C27H23FN6O3/c1-33-24-8-7-22(13-20(24)15-32-33)34(27(36)23-16-37-17-31-23)25(19-5-3-10-29-14-19)26(35)30-11-9-18-4-2-6-21(28)12-18/h2-8,10,12-17,25H,9,11H2,1H3,(H,30,35). The van der Waals surface area contributed by atoms with Crippen LogP contribution in [-0.2, 0) is 18.3 Å². The fourth-order valence-corrected chi connectivity index (χ4v) is 4.20. The van der Waals surface area contributed by atoms with Gasteiger partial charge < -0.3 is 9.73 Å². The first-order valence-electron chi connectivity index (χ1n) is 11.6. The summed E-state index contributed by atoms with van der Waals surface area (Å²) in [5.41, 5.74) is 2.65. The van der Waals surface area contributed by atoms with E-state index in [0.29, 0.717) is 17.7 Å². The first kappa shape index (κ1) is 23.9. The maximum absolute atomic E-state index is 13.7. The molecule has 0 bridgehead atoms. The van der Waals surface area contributed by atoms with E-state index in [4.69, 9.17) is 4.42 Å². The quantitative estimate of drug-likeness (QED) is 0.348. The summed E-state index contributed by atoms with van der Waals surface area (Å²) in [6.45, 7) is 0.243. The smallest absolute Gasteiger partial charge is 0.281 e. The predicted octanol–water partition coefficient (Wildman–Crippen LogP) is 3.84. The van der Waals surface area contributed by atoms with Crippen LogP contribution < -0.4 is 10.2 Å². The van der Waals surface area contributed by atoms with Gasteiger partial charge in [0.1, 0.15) is 18.1 Å². The van der Waals surface area contributed by atoms with E-state index in [2.05, 4.69) is 20.4 Å². The summed E-state index contributed by atoms with van der Waals surface area (Å²) in [6, 6.07) is 14.0. The van der Waals surface area contributed by atoms with Crippen molar-refractivity contribution in [2.75, 3.05) is 11.4 Å². The van der Waals surface area contributed by atoms with Gasteiger partial charge in [-0.15, -0.1) is 0 Å². The molecule has 9 nitrogen and oxygen atoms in total. The summed E-state index contributed by atoms with van der Waals surface area (Å²) >= 11 is 0. The zero-order chi connectivity index (χ0) is 25.8. The van der Waals surface area contributed by atoms with Crippen LogP contribution in [0.5, 0.6) is 0 Å². The summed E-state index contributed by atoms with van der Waals surface area (Å²) in [5, 5.41) is 7.97. The van der Waals surface area contributed by atoms with Crippen LogP contribution in [0, 0.1) is 5.82 Å². The van der Waals surface area contributed by atoms with E-state index in [-0.39, 0.29) is 18.1 Å². The number of amides is 2. The number of hydrogen-bond acceptors (Lipinski definition) is 6. The highest BCUT2D eigenvalue weighted by Gasteiger charge is 2.34. The first-order chi connectivity index (χ1) is 18.0. The van der Waals surface area contributed by atoms with Crippen LogP contribution in [0.2, 0.25) is 0 Å². The minimum absolute atomic E-state index is 0.0488. The molecule has 0 spiro atoms. The second-order valence-corrected chi connectivity index (χ2v) is 8.42. The number of halogens is 1. The average Bonchev–Trinajstić information content (AvgIpc) is 3.57. The molecule has 10 heteroatoms.